The molecule has 0 unspecified atom stereocenters. The second-order valence-corrected chi connectivity index (χ2v) is 7.33. The molecule has 0 aromatic heterocycles. The first-order valence-corrected chi connectivity index (χ1v) is 7.26. The number of amides is 2. The summed E-state index contributed by atoms with van der Waals surface area (Å²) in [5, 5.41) is 5.76. The van der Waals surface area contributed by atoms with Crippen LogP contribution >= 0.6 is 0 Å². The van der Waals surface area contributed by atoms with Crippen molar-refractivity contribution in [2.45, 2.75) is 59.0 Å². The first kappa shape index (κ1) is 17.3. The van der Waals surface area contributed by atoms with Gasteiger partial charge >= 0.3 is 6.03 Å². The summed E-state index contributed by atoms with van der Waals surface area (Å²) in [4.78, 5) is 11.9. The smallest absolute Gasteiger partial charge is 0.315 e. The van der Waals surface area contributed by atoms with Gasteiger partial charge in [-0.3, -0.25) is 0 Å². The molecule has 0 aliphatic carbocycles. The number of hydrogen-bond acceptors (Lipinski definition) is 2. The standard InChI is InChI=1S/C17H28N2O2/c1-16(2,3)13-8-9-14(21-7)12(10-13)11-18-15(20)19-17(4,5)6/h8-10H,11H2,1-7H3,(H2,18,19,20). The molecule has 0 fully saturated rings. The van der Waals surface area contributed by atoms with Crippen molar-refractivity contribution < 1.29 is 9.53 Å². The number of hydrogen-bond donors (Lipinski definition) is 2. The zero-order valence-corrected chi connectivity index (χ0v) is 14.3. The zero-order valence-electron chi connectivity index (χ0n) is 14.3. The molecular weight excluding hydrogens is 264 g/mol. The largest absolute Gasteiger partial charge is 0.496 e. The quantitative estimate of drug-likeness (QED) is 0.894. The van der Waals surface area contributed by atoms with Gasteiger partial charge in [-0.25, -0.2) is 4.79 Å². The Balaban J connectivity index is 2.84. The minimum atomic E-state index is -0.249. The van der Waals surface area contributed by atoms with Crippen molar-refractivity contribution in [2.75, 3.05) is 7.11 Å². The molecule has 0 radical (unpaired) electrons. The molecule has 118 valence electrons. The molecule has 1 aromatic rings. The average Bonchev–Trinajstić information content (AvgIpc) is 2.32. The molecule has 0 atom stereocenters. The van der Waals surface area contributed by atoms with E-state index in [1.54, 1.807) is 7.11 Å². The number of urea groups is 1. The van der Waals surface area contributed by atoms with Crippen LogP contribution in [-0.4, -0.2) is 18.7 Å². The maximum Gasteiger partial charge on any atom is 0.315 e. The fourth-order valence-corrected chi connectivity index (χ4v) is 1.94. The van der Waals surface area contributed by atoms with E-state index >= 15 is 0 Å². The Bertz CT molecular complexity index is 496. The van der Waals surface area contributed by atoms with E-state index in [1.165, 1.54) is 5.56 Å². The second-order valence-electron chi connectivity index (χ2n) is 7.33. The van der Waals surface area contributed by atoms with Crippen molar-refractivity contribution in [3.63, 3.8) is 0 Å². The van der Waals surface area contributed by atoms with Gasteiger partial charge in [-0.1, -0.05) is 26.8 Å². The van der Waals surface area contributed by atoms with E-state index in [-0.39, 0.29) is 17.0 Å². The SMILES string of the molecule is COc1ccc(C(C)(C)C)cc1CNC(=O)NC(C)(C)C. The molecule has 4 nitrogen and oxygen atoms in total. The van der Waals surface area contributed by atoms with Gasteiger partial charge < -0.3 is 15.4 Å². The molecule has 2 amide bonds. The minimum absolute atomic E-state index is 0.0642. The fraction of sp³-hybridized carbons (Fsp3) is 0.588. The van der Waals surface area contributed by atoms with Crippen molar-refractivity contribution in [1.82, 2.24) is 10.6 Å². The fourth-order valence-electron chi connectivity index (χ4n) is 1.94. The number of carbonyl (C=O) groups excluding carboxylic acids is 1. The van der Waals surface area contributed by atoms with Crippen molar-refractivity contribution in [2.24, 2.45) is 0 Å². The van der Waals surface area contributed by atoms with Crippen LogP contribution in [0.2, 0.25) is 0 Å². The Morgan fingerprint density at radius 3 is 2.24 bits per heavy atom. The third-order valence-electron chi connectivity index (χ3n) is 3.07. The summed E-state index contributed by atoms with van der Waals surface area (Å²) in [5.74, 6) is 0.791. The van der Waals surface area contributed by atoms with E-state index in [4.69, 9.17) is 4.74 Å². The number of nitrogens with one attached hydrogen (secondary N) is 2. The minimum Gasteiger partial charge on any atom is -0.496 e. The Labute approximate surface area is 128 Å². The summed E-state index contributed by atoms with van der Waals surface area (Å²) in [7, 11) is 1.64. The second kappa shape index (κ2) is 6.37. The van der Waals surface area contributed by atoms with E-state index in [0.717, 1.165) is 11.3 Å². The summed E-state index contributed by atoms with van der Waals surface area (Å²) in [6, 6.07) is 5.94. The number of benzene rings is 1. The lowest BCUT2D eigenvalue weighted by Crippen LogP contribution is -2.46. The van der Waals surface area contributed by atoms with E-state index in [9.17, 15) is 4.79 Å². The number of rotatable bonds is 3. The van der Waals surface area contributed by atoms with E-state index in [2.05, 4.69) is 43.5 Å². The predicted octanol–water partition coefficient (Wildman–Crippen LogP) is 3.59. The third kappa shape index (κ3) is 5.66. The predicted molar refractivity (Wildman–Crippen MR) is 86.8 cm³/mol. The van der Waals surface area contributed by atoms with Gasteiger partial charge in [0, 0.05) is 17.6 Å². The molecule has 1 rings (SSSR count). The van der Waals surface area contributed by atoms with Gasteiger partial charge in [-0.2, -0.15) is 0 Å². The highest BCUT2D eigenvalue weighted by Crippen LogP contribution is 2.27. The first-order chi connectivity index (χ1) is 9.53. The van der Waals surface area contributed by atoms with Gasteiger partial charge in [0.25, 0.3) is 0 Å². The van der Waals surface area contributed by atoms with E-state index in [1.807, 2.05) is 26.8 Å². The molecule has 0 saturated carbocycles. The van der Waals surface area contributed by atoms with Crippen LogP contribution in [0.5, 0.6) is 5.75 Å². The normalized spacial score (nSPS) is 12.0. The Morgan fingerprint density at radius 2 is 1.76 bits per heavy atom. The molecule has 0 aliphatic rings. The molecule has 2 N–H and O–H groups in total. The molecule has 21 heavy (non-hydrogen) atoms. The van der Waals surface area contributed by atoms with Crippen LogP contribution < -0.4 is 15.4 Å². The monoisotopic (exact) mass is 292 g/mol. The lowest BCUT2D eigenvalue weighted by molar-refractivity contribution is 0.231. The molecule has 0 heterocycles. The zero-order chi connectivity index (χ0) is 16.3. The highest BCUT2D eigenvalue weighted by Gasteiger charge is 2.17. The number of methoxy groups -OCH3 is 1. The third-order valence-corrected chi connectivity index (χ3v) is 3.07. The van der Waals surface area contributed by atoms with Gasteiger partial charge in [0.15, 0.2) is 0 Å². The van der Waals surface area contributed by atoms with Crippen molar-refractivity contribution >= 4 is 6.03 Å². The van der Waals surface area contributed by atoms with Crippen LogP contribution in [0, 0.1) is 0 Å². The summed E-state index contributed by atoms with van der Waals surface area (Å²) in [5.41, 5.74) is 2.01. The maximum atomic E-state index is 11.9. The van der Waals surface area contributed by atoms with Crippen molar-refractivity contribution in [1.29, 1.82) is 0 Å². The summed E-state index contributed by atoms with van der Waals surface area (Å²) in [6.07, 6.45) is 0. The Kier molecular flexibility index (Phi) is 5.26. The Morgan fingerprint density at radius 1 is 1.14 bits per heavy atom. The van der Waals surface area contributed by atoms with Gasteiger partial charge in [-0.05, 0) is 43.9 Å². The van der Waals surface area contributed by atoms with Gasteiger partial charge in [0.05, 0.1) is 7.11 Å². The summed E-state index contributed by atoms with van der Waals surface area (Å²) in [6.45, 7) is 12.8. The van der Waals surface area contributed by atoms with Crippen molar-refractivity contribution in [3.8, 4) is 5.75 Å². The average molecular weight is 292 g/mol. The highest BCUT2D eigenvalue weighted by molar-refractivity contribution is 5.74. The van der Waals surface area contributed by atoms with E-state index in [0.29, 0.717) is 6.54 Å². The number of carbonyl (C=O) groups is 1. The van der Waals surface area contributed by atoms with Crippen LogP contribution in [0.25, 0.3) is 0 Å². The molecule has 0 bridgehead atoms. The van der Waals surface area contributed by atoms with Gasteiger partial charge in [0.1, 0.15) is 5.75 Å². The molecule has 0 saturated heterocycles. The summed E-state index contributed by atoms with van der Waals surface area (Å²) >= 11 is 0. The van der Waals surface area contributed by atoms with Crippen molar-refractivity contribution in [3.05, 3.63) is 29.3 Å². The van der Waals surface area contributed by atoms with Gasteiger partial charge in [-0.15, -0.1) is 0 Å². The lowest BCUT2D eigenvalue weighted by atomic mass is 9.86. The van der Waals surface area contributed by atoms with Crippen LogP contribution in [0.4, 0.5) is 4.79 Å². The van der Waals surface area contributed by atoms with Crippen LogP contribution in [-0.2, 0) is 12.0 Å². The maximum absolute atomic E-state index is 11.9. The van der Waals surface area contributed by atoms with Crippen LogP contribution in [0.15, 0.2) is 18.2 Å². The molecule has 0 aliphatic heterocycles. The molecule has 1 aromatic carbocycles. The lowest BCUT2D eigenvalue weighted by Gasteiger charge is -2.23. The molecule has 0 spiro atoms. The highest BCUT2D eigenvalue weighted by atomic mass is 16.5. The van der Waals surface area contributed by atoms with E-state index < -0.39 is 0 Å². The van der Waals surface area contributed by atoms with Crippen LogP contribution in [0.3, 0.4) is 0 Å². The molecule has 4 heteroatoms. The first-order valence-electron chi connectivity index (χ1n) is 7.26. The Hall–Kier alpha value is -1.71. The van der Waals surface area contributed by atoms with Crippen LogP contribution in [0.1, 0.15) is 52.7 Å². The molecular formula is C17H28N2O2. The number of ether oxygens (including phenoxy) is 1. The topological polar surface area (TPSA) is 50.4 Å². The van der Waals surface area contributed by atoms with Gasteiger partial charge in [0.2, 0.25) is 0 Å². The summed E-state index contributed by atoms with van der Waals surface area (Å²) < 4.78 is 5.37.